The lowest BCUT2D eigenvalue weighted by molar-refractivity contribution is -0.122. The Hall–Kier alpha value is -2.33. The van der Waals surface area contributed by atoms with Gasteiger partial charge in [-0.1, -0.05) is 29.8 Å². The monoisotopic (exact) mass is 343 g/mol. The molecule has 24 heavy (non-hydrogen) atoms. The number of para-hydroxylation sites is 1. The summed E-state index contributed by atoms with van der Waals surface area (Å²) in [5.41, 5.74) is 1.56. The van der Waals surface area contributed by atoms with Crippen molar-refractivity contribution in [1.29, 1.82) is 0 Å². The number of carbonyl (C=O) groups excluding carboxylic acids is 2. The van der Waals surface area contributed by atoms with Gasteiger partial charge >= 0.3 is 0 Å². The van der Waals surface area contributed by atoms with Crippen molar-refractivity contribution in [2.45, 2.75) is 25.3 Å². The molecule has 0 aromatic heterocycles. The van der Waals surface area contributed by atoms with E-state index in [2.05, 4.69) is 5.32 Å². The number of amides is 1. The van der Waals surface area contributed by atoms with Crippen molar-refractivity contribution in [3.8, 4) is 5.75 Å². The third-order valence-electron chi connectivity index (χ3n) is 4.04. The summed E-state index contributed by atoms with van der Waals surface area (Å²) in [4.78, 5) is 24.3. The molecule has 0 fully saturated rings. The number of hydrogen-bond acceptors (Lipinski definition) is 3. The average molecular weight is 344 g/mol. The maximum Gasteiger partial charge on any atom is 0.220 e. The quantitative estimate of drug-likeness (QED) is 0.836. The molecule has 1 aliphatic heterocycles. The first-order chi connectivity index (χ1) is 11.6. The fourth-order valence-electron chi connectivity index (χ4n) is 2.77. The van der Waals surface area contributed by atoms with Crippen LogP contribution < -0.4 is 10.1 Å². The van der Waals surface area contributed by atoms with E-state index in [0.29, 0.717) is 17.2 Å². The van der Waals surface area contributed by atoms with Crippen LogP contribution in [0, 0.1) is 0 Å². The zero-order valence-corrected chi connectivity index (χ0v) is 13.9. The first kappa shape index (κ1) is 16.5. The van der Waals surface area contributed by atoms with E-state index in [1.54, 1.807) is 24.3 Å². The van der Waals surface area contributed by atoms with E-state index in [4.69, 9.17) is 16.3 Å². The van der Waals surface area contributed by atoms with Crippen LogP contribution in [-0.4, -0.2) is 18.3 Å². The van der Waals surface area contributed by atoms with Crippen molar-refractivity contribution >= 4 is 23.3 Å². The van der Waals surface area contributed by atoms with Crippen LogP contribution in [0.1, 0.15) is 41.2 Å². The Kier molecular flexibility index (Phi) is 5.16. The molecular formula is C19H18ClNO3. The molecule has 1 atom stereocenters. The van der Waals surface area contributed by atoms with Gasteiger partial charge in [-0.05, 0) is 30.3 Å². The molecule has 4 nitrogen and oxygen atoms in total. The van der Waals surface area contributed by atoms with Crippen molar-refractivity contribution in [1.82, 2.24) is 5.32 Å². The summed E-state index contributed by atoms with van der Waals surface area (Å²) in [5, 5.41) is 3.58. The molecule has 3 rings (SSSR count). The van der Waals surface area contributed by atoms with Gasteiger partial charge in [-0.3, -0.25) is 9.59 Å². The summed E-state index contributed by atoms with van der Waals surface area (Å²) in [6, 6.07) is 14.3. The van der Waals surface area contributed by atoms with Crippen LogP contribution in [0.2, 0.25) is 5.02 Å². The van der Waals surface area contributed by atoms with Crippen molar-refractivity contribution in [3.63, 3.8) is 0 Å². The van der Waals surface area contributed by atoms with Crippen LogP contribution in [0.15, 0.2) is 48.5 Å². The lowest BCUT2D eigenvalue weighted by Crippen LogP contribution is -2.32. The Balaban J connectivity index is 1.55. The summed E-state index contributed by atoms with van der Waals surface area (Å²) in [6.45, 7) is 0.575. The lowest BCUT2D eigenvalue weighted by Gasteiger charge is -2.26. The Bertz CT molecular complexity index is 743. The molecular weight excluding hydrogens is 326 g/mol. The van der Waals surface area contributed by atoms with Crippen molar-refractivity contribution in [3.05, 3.63) is 64.7 Å². The molecule has 1 N–H and O–H groups in total. The SMILES string of the molecule is O=C(CCC(=O)c1ccc(Cl)cc1)NC1CCOc2ccccc21. The van der Waals surface area contributed by atoms with E-state index >= 15 is 0 Å². The summed E-state index contributed by atoms with van der Waals surface area (Å²) < 4.78 is 5.58. The molecule has 0 radical (unpaired) electrons. The van der Waals surface area contributed by atoms with Gasteiger partial charge in [-0.25, -0.2) is 0 Å². The van der Waals surface area contributed by atoms with Gasteiger partial charge in [0, 0.05) is 35.4 Å². The predicted octanol–water partition coefficient (Wildman–Crippen LogP) is 3.94. The molecule has 1 unspecified atom stereocenters. The molecule has 0 bridgehead atoms. The molecule has 2 aromatic rings. The number of ketones is 1. The lowest BCUT2D eigenvalue weighted by atomic mass is 10.00. The highest BCUT2D eigenvalue weighted by atomic mass is 35.5. The highest BCUT2D eigenvalue weighted by Gasteiger charge is 2.22. The summed E-state index contributed by atoms with van der Waals surface area (Å²) >= 11 is 5.81. The number of halogens is 1. The molecule has 0 spiro atoms. The highest BCUT2D eigenvalue weighted by Crippen LogP contribution is 2.31. The van der Waals surface area contributed by atoms with E-state index in [1.165, 1.54) is 0 Å². The molecule has 5 heteroatoms. The minimum absolute atomic E-state index is 0.0609. The van der Waals surface area contributed by atoms with Crippen LogP contribution in [0.5, 0.6) is 5.75 Å². The second-order valence-corrected chi connectivity index (χ2v) is 6.16. The second kappa shape index (κ2) is 7.49. The number of nitrogens with one attached hydrogen (secondary N) is 1. The van der Waals surface area contributed by atoms with Crippen molar-refractivity contribution in [2.75, 3.05) is 6.61 Å². The molecule has 0 aliphatic carbocycles. The number of rotatable bonds is 5. The average Bonchev–Trinajstić information content (AvgIpc) is 2.61. The number of fused-ring (bicyclic) bond motifs is 1. The minimum Gasteiger partial charge on any atom is -0.493 e. The normalized spacial score (nSPS) is 16.0. The van der Waals surface area contributed by atoms with Crippen LogP contribution in [0.3, 0.4) is 0 Å². The summed E-state index contributed by atoms with van der Waals surface area (Å²) in [7, 11) is 0. The Morgan fingerprint density at radius 3 is 2.62 bits per heavy atom. The molecule has 1 aliphatic rings. The zero-order chi connectivity index (χ0) is 16.9. The number of ether oxygens (including phenoxy) is 1. The van der Waals surface area contributed by atoms with Gasteiger partial charge in [0.05, 0.1) is 12.6 Å². The minimum atomic E-state index is -0.126. The molecule has 124 valence electrons. The number of hydrogen-bond donors (Lipinski definition) is 1. The first-order valence-corrected chi connectivity index (χ1v) is 8.31. The summed E-state index contributed by atoms with van der Waals surface area (Å²) in [5.74, 6) is 0.625. The van der Waals surface area contributed by atoms with E-state index in [1.807, 2.05) is 24.3 Å². The van der Waals surface area contributed by atoms with Crippen LogP contribution in [0.25, 0.3) is 0 Å². The Labute approximate surface area is 145 Å². The Morgan fingerprint density at radius 1 is 1.08 bits per heavy atom. The predicted molar refractivity (Wildman–Crippen MR) is 92.5 cm³/mol. The summed E-state index contributed by atoms with van der Waals surface area (Å²) in [6.07, 6.45) is 1.08. The van der Waals surface area contributed by atoms with Gasteiger partial charge in [0.25, 0.3) is 0 Å². The van der Waals surface area contributed by atoms with Crippen LogP contribution in [-0.2, 0) is 4.79 Å². The third kappa shape index (κ3) is 3.95. The second-order valence-electron chi connectivity index (χ2n) is 5.73. The number of Topliss-reactive ketones (excluding diaryl/α,β-unsaturated/α-hetero) is 1. The van der Waals surface area contributed by atoms with Gasteiger partial charge in [-0.15, -0.1) is 0 Å². The smallest absolute Gasteiger partial charge is 0.220 e. The Morgan fingerprint density at radius 2 is 1.83 bits per heavy atom. The number of carbonyl (C=O) groups is 2. The molecule has 1 heterocycles. The molecule has 0 saturated heterocycles. The molecule has 2 aromatic carbocycles. The van der Waals surface area contributed by atoms with Crippen LogP contribution in [0.4, 0.5) is 0 Å². The van der Waals surface area contributed by atoms with Gasteiger partial charge in [0.1, 0.15) is 5.75 Å². The zero-order valence-electron chi connectivity index (χ0n) is 13.1. The van der Waals surface area contributed by atoms with Gasteiger partial charge in [-0.2, -0.15) is 0 Å². The van der Waals surface area contributed by atoms with Gasteiger partial charge in [0.2, 0.25) is 5.91 Å². The maximum absolute atomic E-state index is 12.2. The standard InChI is InChI=1S/C19H18ClNO3/c20-14-7-5-13(6-8-14)17(22)9-10-19(23)21-16-11-12-24-18-4-2-1-3-15(16)18/h1-8,16H,9-12H2,(H,21,23). The highest BCUT2D eigenvalue weighted by molar-refractivity contribution is 6.30. The van der Waals surface area contributed by atoms with Gasteiger partial charge < -0.3 is 10.1 Å². The van der Waals surface area contributed by atoms with Crippen molar-refractivity contribution < 1.29 is 14.3 Å². The van der Waals surface area contributed by atoms with Gasteiger partial charge in [0.15, 0.2) is 5.78 Å². The van der Waals surface area contributed by atoms with E-state index in [0.717, 1.165) is 17.7 Å². The number of benzene rings is 2. The van der Waals surface area contributed by atoms with E-state index in [9.17, 15) is 9.59 Å². The fourth-order valence-corrected chi connectivity index (χ4v) is 2.89. The van der Waals surface area contributed by atoms with Crippen LogP contribution >= 0.6 is 11.6 Å². The van der Waals surface area contributed by atoms with E-state index < -0.39 is 0 Å². The molecule has 0 saturated carbocycles. The van der Waals surface area contributed by atoms with E-state index in [-0.39, 0.29) is 30.6 Å². The largest absolute Gasteiger partial charge is 0.493 e. The van der Waals surface area contributed by atoms with Crippen molar-refractivity contribution in [2.24, 2.45) is 0 Å². The third-order valence-corrected chi connectivity index (χ3v) is 4.29. The first-order valence-electron chi connectivity index (χ1n) is 7.93. The fraction of sp³-hybridized carbons (Fsp3) is 0.263. The topological polar surface area (TPSA) is 55.4 Å². The molecule has 1 amide bonds. The maximum atomic E-state index is 12.2.